The lowest BCUT2D eigenvalue weighted by molar-refractivity contribution is 0.0696. The van der Waals surface area contributed by atoms with Crippen molar-refractivity contribution in [3.05, 3.63) is 35.4 Å². The highest BCUT2D eigenvalue weighted by atomic mass is 16.4. The Balaban J connectivity index is 1.68. The minimum absolute atomic E-state index is 0.404. The Morgan fingerprint density at radius 3 is 2.71 bits per heavy atom. The summed E-state index contributed by atoms with van der Waals surface area (Å²) in [5, 5.41) is 9.11. The van der Waals surface area contributed by atoms with Crippen LogP contribution >= 0.6 is 0 Å². The topological polar surface area (TPSA) is 40.5 Å². The number of carbonyl (C=O) groups is 1. The third-order valence-corrected chi connectivity index (χ3v) is 5.17. The van der Waals surface area contributed by atoms with E-state index < -0.39 is 5.97 Å². The number of hydrogen-bond acceptors (Lipinski definition) is 2. The van der Waals surface area contributed by atoms with Crippen LogP contribution in [0.25, 0.3) is 0 Å². The maximum absolute atomic E-state index is 11.1. The van der Waals surface area contributed by atoms with E-state index in [4.69, 9.17) is 5.11 Å². The summed E-state index contributed by atoms with van der Waals surface area (Å²) in [6.45, 7) is 2.07. The molecule has 114 valence electrons. The molecule has 1 unspecified atom stereocenters. The summed E-state index contributed by atoms with van der Waals surface area (Å²) < 4.78 is 0. The first-order valence-corrected chi connectivity index (χ1v) is 8.30. The van der Waals surface area contributed by atoms with Gasteiger partial charge < -0.3 is 5.11 Å². The molecule has 3 rings (SSSR count). The van der Waals surface area contributed by atoms with Crippen molar-refractivity contribution in [3.8, 4) is 0 Å². The Morgan fingerprint density at radius 1 is 1.14 bits per heavy atom. The lowest BCUT2D eigenvalue weighted by atomic mass is 9.83. The van der Waals surface area contributed by atoms with E-state index in [1.807, 2.05) is 12.1 Å². The van der Waals surface area contributed by atoms with Crippen molar-refractivity contribution in [2.24, 2.45) is 5.92 Å². The van der Waals surface area contributed by atoms with Gasteiger partial charge in [0.1, 0.15) is 0 Å². The van der Waals surface area contributed by atoms with E-state index in [0.29, 0.717) is 5.56 Å². The fraction of sp³-hybridized carbons (Fsp3) is 0.611. The van der Waals surface area contributed by atoms with E-state index in [-0.39, 0.29) is 0 Å². The average Bonchev–Trinajstić information content (AvgIpc) is 2.96. The lowest BCUT2D eigenvalue weighted by Gasteiger charge is -2.34. The molecule has 1 aromatic carbocycles. The molecule has 0 bridgehead atoms. The molecule has 2 fully saturated rings. The largest absolute Gasteiger partial charge is 0.478 e. The average molecular weight is 287 g/mol. The summed E-state index contributed by atoms with van der Waals surface area (Å²) >= 11 is 0. The van der Waals surface area contributed by atoms with Gasteiger partial charge in [-0.25, -0.2) is 4.79 Å². The van der Waals surface area contributed by atoms with Crippen LogP contribution in [-0.4, -0.2) is 28.6 Å². The molecule has 1 saturated heterocycles. The molecule has 1 aromatic rings. The second-order valence-corrected chi connectivity index (χ2v) is 6.58. The van der Waals surface area contributed by atoms with Gasteiger partial charge in [0.05, 0.1) is 5.56 Å². The Morgan fingerprint density at radius 2 is 1.95 bits per heavy atom. The molecule has 1 aliphatic carbocycles. The van der Waals surface area contributed by atoms with Crippen molar-refractivity contribution < 1.29 is 9.90 Å². The van der Waals surface area contributed by atoms with Crippen molar-refractivity contribution in [3.63, 3.8) is 0 Å². The molecule has 0 amide bonds. The van der Waals surface area contributed by atoms with Gasteiger partial charge in [-0.3, -0.25) is 4.90 Å². The fourth-order valence-electron chi connectivity index (χ4n) is 4.14. The van der Waals surface area contributed by atoms with Gasteiger partial charge in [0.25, 0.3) is 0 Å². The van der Waals surface area contributed by atoms with Crippen molar-refractivity contribution in [1.29, 1.82) is 0 Å². The van der Waals surface area contributed by atoms with E-state index >= 15 is 0 Å². The number of carboxylic acids is 1. The number of hydrogen-bond donors (Lipinski definition) is 1. The molecule has 1 aliphatic heterocycles. The van der Waals surface area contributed by atoms with E-state index in [0.717, 1.165) is 24.1 Å². The number of carboxylic acid groups (broad SMARTS) is 1. The smallest absolute Gasteiger partial charge is 0.335 e. The maximum atomic E-state index is 11.1. The molecule has 3 heteroatoms. The molecule has 21 heavy (non-hydrogen) atoms. The molecule has 0 aromatic heterocycles. The van der Waals surface area contributed by atoms with E-state index in [1.54, 1.807) is 6.07 Å². The minimum atomic E-state index is -0.831. The molecule has 0 spiro atoms. The molecule has 1 heterocycles. The number of rotatable bonds is 4. The van der Waals surface area contributed by atoms with Crippen molar-refractivity contribution in [2.75, 3.05) is 6.54 Å². The summed E-state index contributed by atoms with van der Waals surface area (Å²) in [6, 6.07) is 8.15. The number of likely N-dealkylation sites (tertiary alicyclic amines) is 1. The van der Waals surface area contributed by atoms with Gasteiger partial charge in [-0.1, -0.05) is 31.4 Å². The van der Waals surface area contributed by atoms with Crippen LogP contribution in [-0.2, 0) is 6.54 Å². The van der Waals surface area contributed by atoms with Gasteiger partial charge in [0.15, 0.2) is 0 Å². The zero-order valence-corrected chi connectivity index (χ0v) is 12.6. The number of aromatic carboxylic acids is 1. The molecular formula is C18H25NO2. The van der Waals surface area contributed by atoms with Crippen molar-refractivity contribution >= 4 is 5.97 Å². The molecule has 1 N–H and O–H groups in total. The van der Waals surface area contributed by atoms with Gasteiger partial charge >= 0.3 is 5.97 Å². The van der Waals surface area contributed by atoms with E-state index in [9.17, 15) is 4.79 Å². The zero-order valence-electron chi connectivity index (χ0n) is 12.6. The molecular weight excluding hydrogens is 262 g/mol. The summed E-state index contributed by atoms with van der Waals surface area (Å²) in [7, 11) is 0. The highest BCUT2D eigenvalue weighted by Gasteiger charge is 2.32. The van der Waals surface area contributed by atoms with Crippen LogP contribution in [0.15, 0.2) is 24.3 Å². The minimum Gasteiger partial charge on any atom is -0.478 e. The van der Waals surface area contributed by atoms with Crippen LogP contribution in [0.2, 0.25) is 0 Å². The van der Waals surface area contributed by atoms with Crippen molar-refractivity contribution in [1.82, 2.24) is 4.90 Å². The van der Waals surface area contributed by atoms with Crippen LogP contribution in [0.4, 0.5) is 0 Å². The molecule has 0 radical (unpaired) electrons. The second-order valence-electron chi connectivity index (χ2n) is 6.58. The van der Waals surface area contributed by atoms with Gasteiger partial charge in [-0.05, 0) is 55.8 Å². The van der Waals surface area contributed by atoms with Crippen LogP contribution in [0.1, 0.15) is 60.9 Å². The second kappa shape index (κ2) is 6.61. The predicted molar refractivity (Wildman–Crippen MR) is 83.4 cm³/mol. The highest BCUT2D eigenvalue weighted by molar-refractivity contribution is 5.87. The summed E-state index contributed by atoms with van der Waals surface area (Å²) in [5.41, 5.74) is 1.54. The van der Waals surface area contributed by atoms with Gasteiger partial charge in [0, 0.05) is 12.6 Å². The number of benzene rings is 1. The van der Waals surface area contributed by atoms with Crippen molar-refractivity contribution in [2.45, 2.75) is 57.5 Å². The maximum Gasteiger partial charge on any atom is 0.335 e. The first-order valence-electron chi connectivity index (χ1n) is 8.30. The Kier molecular flexibility index (Phi) is 4.59. The van der Waals surface area contributed by atoms with Gasteiger partial charge in [0.2, 0.25) is 0 Å². The predicted octanol–water partition coefficient (Wildman–Crippen LogP) is 3.93. The van der Waals surface area contributed by atoms with Gasteiger partial charge in [-0.2, -0.15) is 0 Å². The fourth-order valence-corrected chi connectivity index (χ4v) is 4.14. The first kappa shape index (κ1) is 14.6. The molecule has 1 saturated carbocycles. The lowest BCUT2D eigenvalue weighted by Crippen LogP contribution is -2.36. The summed E-state index contributed by atoms with van der Waals surface area (Å²) in [5.74, 6) is 0.0333. The van der Waals surface area contributed by atoms with Crippen LogP contribution < -0.4 is 0 Å². The zero-order chi connectivity index (χ0) is 14.7. The number of nitrogens with zero attached hydrogens (tertiary/aromatic N) is 1. The Bertz CT molecular complexity index is 494. The third kappa shape index (κ3) is 3.46. The molecule has 1 atom stereocenters. The first-order chi connectivity index (χ1) is 10.2. The third-order valence-electron chi connectivity index (χ3n) is 5.17. The van der Waals surface area contributed by atoms with Crippen LogP contribution in [0.5, 0.6) is 0 Å². The SMILES string of the molecule is O=C(O)c1cccc(CN2CCCC2C2CCCCC2)c1. The molecule has 3 nitrogen and oxygen atoms in total. The monoisotopic (exact) mass is 287 g/mol. The highest BCUT2D eigenvalue weighted by Crippen LogP contribution is 2.35. The Labute approximate surface area is 127 Å². The Hall–Kier alpha value is -1.35. The van der Waals surface area contributed by atoms with Crippen LogP contribution in [0.3, 0.4) is 0 Å². The van der Waals surface area contributed by atoms with Gasteiger partial charge in [-0.15, -0.1) is 0 Å². The quantitative estimate of drug-likeness (QED) is 0.912. The van der Waals surface area contributed by atoms with Crippen LogP contribution in [0, 0.1) is 5.92 Å². The summed E-state index contributed by atoms with van der Waals surface area (Å²) in [4.78, 5) is 13.7. The van der Waals surface area contributed by atoms with E-state index in [1.165, 1.54) is 51.5 Å². The van der Waals surface area contributed by atoms with E-state index in [2.05, 4.69) is 11.0 Å². The summed E-state index contributed by atoms with van der Waals surface area (Å²) in [6.07, 6.45) is 9.58. The molecule has 2 aliphatic rings. The standard InChI is InChI=1S/C18H25NO2/c20-18(21)16-9-4-6-14(12-16)13-19-11-5-10-17(19)15-7-2-1-3-8-15/h4,6,9,12,15,17H,1-3,5,7-8,10-11,13H2,(H,20,21). The normalized spacial score (nSPS) is 24.3.